The highest BCUT2D eigenvalue weighted by Crippen LogP contribution is 2.22. The van der Waals surface area contributed by atoms with Gasteiger partial charge in [0.15, 0.2) is 5.96 Å². The standard InChI is InChI=1S/C23H35N5OS/c1-4-24-22(26-18-23(2,29)21-9-14-30-17-21)25-15-19-5-7-20(8-6-19)16-28-12-10-27(3)11-13-28/h5-9,14,17,29H,4,10-13,15-16,18H2,1-3H3,(H2,24,25,26). The van der Waals surface area contributed by atoms with Crippen molar-refractivity contribution in [3.05, 3.63) is 57.8 Å². The molecule has 1 aromatic carbocycles. The number of aliphatic imine (C=N–C) groups is 1. The molecule has 1 aromatic heterocycles. The maximum atomic E-state index is 10.7. The highest BCUT2D eigenvalue weighted by molar-refractivity contribution is 7.08. The lowest BCUT2D eigenvalue weighted by atomic mass is 9.99. The quantitative estimate of drug-likeness (QED) is 0.444. The number of piperazine rings is 1. The Morgan fingerprint density at radius 2 is 1.80 bits per heavy atom. The van der Waals surface area contributed by atoms with E-state index in [1.54, 1.807) is 11.3 Å². The third kappa shape index (κ3) is 6.80. The van der Waals surface area contributed by atoms with Crippen LogP contribution in [0.2, 0.25) is 0 Å². The van der Waals surface area contributed by atoms with Crippen molar-refractivity contribution in [1.82, 2.24) is 20.4 Å². The second-order valence-corrected chi connectivity index (χ2v) is 9.01. The molecule has 6 nitrogen and oxygen atoms in total. The van der Waals surface area contributed by atoms with E-state index < -0.39 is 5.60 Å². The molecule has 1 aliphatic rings. The minimum atomic E-state index is -0.929. The Bertz CT molecular complexity index is 780. The van der Waals surface area contributed by atoms with Crippen LogP contribution >= 0.6 is 11.3 Å². The van der Waals surface area contributed by atoms with Gasteiger partial charge in [0.1, 0.15) is 5.60 Å². The zero-order chi connectivity index (χ0) is 21.4. The summed E-state index contributed by atoms with van der Waals surface area (Å²) in [4.78, 5) is 9.59. The first-order chi connectivity index (χ1) is 14.5. The molecule has 2 aromatic rings. The maximum Gasteiger partial charge on any atom is 0.191 e. The summed E-state index contributed by atoms with van der Waals surface area (Å²) in [6.45, 7) is 11.2. The van der Waals surface area contributed by atoms with E-state index in [0.717, 1.165) is 50.8 Å². The first-order valence-electron chi connectivity index (χ1n) is 10.7. The molecule has 1 unspecified atom stereocenters. The van der Waals surface area contributed by atoms with Crippen molar-refractivity contribution in [1.29, 1.82) is 0 Å². The van der Waals surface area contributed by atoms with Gasteiger partial charge in [-0.3, -0.25) is 4.90 Å². The van der Waals surface area contributed by atoms with Crippen LogP contribution in [0.4, 0.5) is 0 Å². The molecule has 1 atom stereocenters. The molecule has 7 heteroatoms. The Labute approximate surface area is 184 Å². The van der Waals surface area contributed by atoms with E-state index in [0.29, 0.717) is 13.1 Å². The molecule has 0 radical (unpaired) electrons. The number of thiophene rings is 1. The number of likely N-dealkylation sites (N-methyl/N-ethyl adjacent to an activating group) is 1. The molecule has 1 fully saturated rings. The fourth-order valence-corrected chi connectivity index (χ4v) is 4.24. The van der Waals surface area contributed by atoms with E-state index >= 15 is 0 Å². The zero-order valence-electron chi connectivity index (χ0n) is 18.4. The first-order valence-corrected chi connectivity index (χ1v) is 11.7. The summed E-state index contributed by atoms with van der Waals surface area (Å²) in [5.41, 5.74) is 2.52. The predicted molar refractivity (Wildman–Crippen MR) is 126 cm³/mol. The molecule has 2 heterocycles. The Hall–Kier alpha value is -1.93. The summed E-state index contributed by atoms with van der Waals surface area (Å²) in [5.74, 6) is 0.717. The lowest BCUT2D eigenvalue weighted by Crippen LogP contribution is -2.44. The minimum absolute atomic E-state index is 0.402. The van der Waals surface area contributed by atoms with E-state index in [4.69, 9.17) is 4.99 Å². The van der Waals surface area contributed by atoms with Gasteiger partial charge in [-0.25, -0.2) is 4.99 Å². The molecule has 1 saturated heterocycles. The van der Waals surface area contributed by atoms with Crippen molar-refractivity contribution >= 4 is 17.3 Å². The molecule has 0 spiro atoms. The highest BCUT2D eigenvalue weighted by atomic mass is 32.1. The predicted octanol–water partition coefficient (Wildman–Crippen LogP) is 2.46. The Morgan fingerprint density at radius 3 is 2.43 bits per heavy atom. The fraction of sp³-hybridized carbons (Fsp3) is 0.522. The third-order valence-electron chi connectivity index (χ3n) is 5.53. The number of guanidine groups is 1. The number of benzene rings is 1. The summed E-state index contributed by atoms with van der Waals surface area (Å²) < 4.78 is 0. The summed E-state index contributed by atoms with van der Waals surface area (Å²) in [5, 5.41) is 21.2. The molecule has 0 saturated carbocycles. The van der Waals surface area contributed by atoms with Gasteiger partial charge < -0.3 is 20.6 Å². The Kier molecular flexibility index (Phi) is 8.27. The van der Waals surface area contributed by atoms with Gasteiger partial charge in [-0.05, 0) is 54.4 Å². The fourth-order valence-electron chi connectivity index (χ4n) is 3.46. The van der Waals surface area contributed by atoms with E-state index in [1.807, 2.05) is 30.7 Å². The molecule has 3 rings (SSSR count). The van der Waals surface area contributed by atoms with Gasteiger partial charge in [-0.2, -0.15) is 11.3 Å². The van der Waals surface area contributed by atoms with Crippen LogP contribution in [0.25, 0.3) is 0 Å². The summed E-state index contributed by atoms with van der Waals surface area (Å²) in [6.07, 6.45) is 0. The van der Waals surface area contributed by atoms with Gasteiger partial charge in [-0.1, -0.05) is 24.3 Å². The molecule has 0 bridgehead atoms. The van der Waals surface area contributed by atoms with Gasteiger partial charge in [0.05, 0.1) is 13.1 Å². The van der Waals surface area contributed by atoms with Crippen LogP contribution in [0.15, 0.2) is 46.1 Å². The van der Waals surface area contributed by atoms with Gasteiger partial charge in [0.2, 0.25) is 0 Å². The number of nitrogens with one attached hydrogen (secondary N) is 2. The Balaban J connectivity index is 1.52. The molecule has 30 heavy (non-hydrogen) atoms. The van der Waals surface area contributed by atoms with Crippen molar-refractivity contribution < 1.29 is 5.11 Å². The van der Waals surface area contributed by atoms with Crippen LogP contribution < -0.4 is 10.6 Å². The molecular formula is C23H35N5OS. The zero-order valence-corrected chi connectivity index (χ0v) is 19.2. The molecule has 3 N–H and O–H groups in total. The monoisotopic (exact) mass is 429 g/mol. The average molecular weight is 430 g/mol. The minimum Gasteiger partial charge on any atom is -0.384 e. The topological polar surface area (TPSA) is 63.1 Å². The van der Waals surface area contributed by atoms with Crippen LogP contribution in [0.1, 0.15) is 30.5 Å². The van der Waals surface area contributed by atoms with Crippen LogP contribution in [0, 0.1) is 0 Å². The summed E-state index contributed by atoms with van der Waals surface area (Å²) in [6, 6.07) is 10.7. The SMILES string of the molecule is CCNC(=NCc1ccc(CN2CCN(C)CC2)cc1)NCC(C)(O)c1ccsc1. The molecular weight excluding hydrogens is 394 g/mol. The lowest BCUT2D eigenvalue weighted by molar-refractivity contribution is 0.0621. The average Bonchev–Trinajstić information content (AvgIpc) is 3.29. The van der Waals surface area contributed by atoms with Crippen molar-refractivity contribution in [3.8, 4) is 0 Å². The van der Waals surface area contributed by atoms with E-state index in [2.05, 4.69) is 51.7 Å². The molecule has 164 valence electrons. The lowest BCUT2D eigenvalue weighted by Gasteiger charge is -2.32. The number of aliphatic hydroxyl groups is 1. The normalized spacial score (nSPS) is 18.2. The number of nitrogens with zero attached hydrogens (tertiary/aromatic N) is 3. The third-order valence-corrected chi connectivity index (χ3v) is 6.22. The van der Waals surface area contributed by atoms with E-state index in [-0.39, 0.29) is 0 Å². The Morgan fingerprint density at radius 1 is 1.10 bits per heavy atom. The maximum absolute atomic E-state index is 10.7. The van der Waals surface area contributed by atoms with Crippen molar-refractivity contribution in [2.45, 2.75) is 32.5 Å². The number of rotatable bonds is 8. The van der Waals surface area contributed by atoms with Crippen molar-refractivity contribution in [3.63, 3.8) is 0 Å². The summed E-state index contributed by atoms with van der Waals surface area (Å²) >= 11 is 1.59. The first kappa shape index (κ1) is 22.7. The van der Waals surface area contributed by atoms with Gasteiger partial charge in [0.25, 0.3) is 0 Å². The molecule has 1 aliphatic heterocycles. The van der Waals surface area contributed by atoms with E-state index in [1.165, 1.54) is 11.1 Å². The highest BCUT2D eigenvalue weighted by Gasteiger charge is 2.23. The van der Waals surface area contributed by atoms with Crippen LogP contribution in [0.3, 0.4) is 0 Å². The van der Waals surface area contributed by atoms with Crippen molar-refractivity contribution in [2.75, 3.05) is 46.3 Å². The second kappa shape index (κ2) is 10.9. The molecule has 0 aliphatic carbocycles. The van der Waals surface area contributed by atoms with Crippen molar-refractivity contribution in [2.24, 2.45) is 4.99 Å². The summed E-state index contributed by atoms with van der Waals surface area (Å²) in [7, 11) is 2.19. The van der Waals surface area contributed by atoms with Gasteiger partial charge in [-0.15, -0.1) is 0 Å². The second-order valence-electron chi connectivity index (χ2n) is 8.23. The largest absolute Gasteiger partial charge is 0.384 e. The molecule has 0 amide bonds. The number of hydrogen-bond acceptors (Lipinski definition) is 5. The van der Waals surface area contributed by atoms with Gasteiger partial charge >= 0.3 is 0 Å². The van der Waals surface area contributed by atoms with Crippen LogP contribution in [0.5, 0.6) is 0 Å². The smallest absolute Gasteiger partial charge is 0.191 e. The van der Waals surface area contributed by atoms with Crippen LogP contribution in [-0.2, 0) is 18.7 Å². The van der Waals surface area contributed by atoms with Gasteiger partial charge in [0, 0.05) is 39.3 Å². The number of hydrogen-bond donors (Lipinski definition) is 3. The van der Waals surface area contributed by atoms with Crippen LogP contribution in [-0.4, -0.2) is 67.2 Å². The van der Waals surface area contributed by atoms with E-state index in [9.17, 15) is 5.11 Å².